The van der Waals surface area contributed by atoms with Crippen molar-refractivity contribution in [2.45, 2.75) is 45.4 Å². The largest absolute Gasteiger partial charge is 0.359 e. The van der Waals surface area contributed by atoms with E-state index in [0.29, 0.717) is 32.4 Å². The number of amides is 2. The van der Waals surface area contributed by atoms with Crippen molar-refractivity contribution in [1.29, 1.82) is 0 Å². The summed E-state index contributed by atoms with van der Waals surface area (Å²) in [6.07, 6.45) is 9.18. The molecule has 1 atom stereocenters. The Morgan fingerprint density at radius 2 is 1.84 bits per heavy atom. The molecular weight excluding hydrogens is 396 g/mol. The number of benzene rings is 2. The predicted molar refractivity (Wildman–Crippen MR) is 129 cm³/mol. The maximum Gasteiger partial charge on any atom is 0.226 e. The summed E-state index contributed by atoms with van der Waals surface area (Å²) >= 11 is 0. The lowest BCUT2D eigenvalue weighted by Crippen LogP contribution is -2.51. The first kappa shape index (κ1) is 22.3. The fraction of sp³-hybridized carbons (Fsp3) is 0.429. The third-order valence-electron chi connectivity index (χ3n) is 7.28. The van der Waals surface area contributed by atoms with Crippen LogP contribution in [-0.2, 0) is 16.0 Å². The predicted octanol–water partition coefficient (Wildman–Crippen LogP) is 4.92. The first-order valence-electron chi connectivity index (χ1n) is 11.8. The molecule has 0 spiro atoms. The summed E-state index contributed by atoms with van der Waals surface area (Å²) in [4.78, 5) is 28.0. The Morgan fingerprint density at radius 1 is 1.06 bits per heavy atom. The summed E-state index contributed by atoms with van der Waals surface area (Å²) in [6.45, 7) is 3.44. The van der Waals surface area contributed by atoms with Gasteiger partial charge in [0.05, 0.1) is 5.41 Å². The molecule has 2 aliphatic rings. The van der Waals surface area contributed by atoms with E-state index in [1.807, 2.05) is 4.90 Å². The van der Waals surface area contributed by atoms with Gasteiger partial charge in [-0.25, -0.2) is 0 Å². The highest BCUT2D eigenvalue weighted by atomic mass is 16.2. The van der Waals surface area contributed by atoms with Gasteiger partial charge in [0.2, 0.25) is 11.8 Å². The van der Waals surface area contributed by atoms with E-state index in [1.54, 1.807) is 7.05 Å². The topological polar surface area (TPSA) is 49.4 Å². The van der Waals surface area contributed by atoms with E-state index in [-0.39, 0.29) is 17.7 Å². The average Bonchev–Trinajstić information content (AvgIpc) is 2.84. The number of allylic oxidation sites excluding steroid dienone is 2. The Bertz CT molecular complexity index is 1000. The van der Waals surface area contributed by atoms with Crippen LogP contribution < -0.4 is 5.32 Å². The summed E-state index contributed by atoms with van der Waals surface area (Å²) in [7, 11) is 1.72. The highest BCUT2D eigenvalue weighted by Gasteiger charge is 2.42. The molecule has 1 aliphatic heterocycles. The maximum absolute atomic E-state index is 13.1. The van der Waals surface area contributed by atoms with Gasteiger partial charge in [0.25, 0.3) is 0 Å². The monoisotopic (exact) mass is 430 g/mol. The van der Waals surface area contributed by atoms with E-state index in [1.165, 1.54) is 22.3 Å². The molecule has 2 aromatic rings. The number of nitrogens with one attached hydrogen (secondary N) is 1. The third-order valence-corrected chi connectivity index (χ3v) is 7.28. The van der Waals surface area contributed by atoms with Gasteiger partial charge in [0.15, 0.2) is 0 Å². The fourth-order valence-corrected chi connectivity index (χ4v) is 5.32. The molecule has 2 amide bonds. The lowest BCUT2D eigenvalue weighted by molar-refractivity contribution is -0.143. The first-order chi connectivity index (χ1) is 15.5. The van der Waals surface area contributed by atoms with Crippen molar-refractivity contribution in [3.63, 3.8) is 0 Å². The number of hydrogen-bond donors (Lipinski definition) is 1. The van der Waals surface area contributed by atoms with Crippen LogP contribution in [0, 0.1) is 18.3 Å². The molecule has 0 saturated carbocycles. The molecule has 2 aromatic carbocycles. The van der Waals surface area contributed by atoms with Crippen LogP contribution >= 0.6 is 0 Å². The SMILES string of the molecule is CNC(=O)C1(Cc2cccc(-c3ccccc3C)c2)CCN(C(=O)C2CC=CCC2)CC1. The molecule has 0 bridgehead atoms. The van der Waals surface area contributed by atoms with Crippen molar-refractivity contribution in [3.05, 3.63) is 71.8 Å². The molecule has 168 valence electrons. The second-order valence-corrected chi connectivity index (χ2v) is 9.36. The second kappa shape index (κ2) is 9.72. The van der Waals surface area contributed by atoms with Crippen molar-refractivity contribution in [3.8, 4) is 11.1 Å². The summed E-state index contributed by atoms with van der Waals surface area (Å²) in [5.74, 6) is 0.464. The number of hydrogen-bond acceptors (Lipinski definition) is 2. The molecule has 0 radical (unpaired) electrons. The van der Waals surface area contributed by atoms with Crippen LogP contribution in [0.1, 0.15) is 43.2 Å². The smallest absolute Gasteiger partial charge is 0.226 e. The zero-order chi connectivity index (χ0) is 22.6. The Morgan fingerprint density at radius 3 is 2.53 bits per heavy atom. The molecular formula is C28H34N2O2. The van der Waals surface area contributed by atoms with E-state index in [4.69, 9.17) is 0 Å². The highest BCUT2D eigenvalue weighted by molar-refractivity contribution is 5.84. The standard InChI is InChI=1S/C28H34N2O2/c1-21-9-6-7-14-25(21)24-13-8-10-22(19-24)20-28(27(32)29-2)15-17-30(18-16-28)26(31)23-11-4-3-5-12-23/h3-4,6-10,13-14,19,23H,5,11-12,15-18,20H2,1-2H3,(H,29,32). The van der Waals surface area contributed by atoms with Crippen LogP contribution in [-0.4, -0.2) is 36.9 Å². The quantitative estimate of drug-likeness (QED) is 0.685. The van der Waals surface area contributed by atoms with E-state index in [0.717, 1.165) is 19.3 Å². The van der Waals surface area contributed by atoms with Gasteiger partial charge in [-0.1, -0.05) is 60.7 Å². The van der Waals surface area contributed by atoms with Crippen molar-refractivity contribution in [2.24, 2.45) is 11.3 Å². The molecule has 1 unspecified atom stereocenters. The van der Waals surface area contributed by atoms with Gasteiger partial charge in [0, 0.05) is 26.1 Å². The normalized spacial score (nSPS) is 20.1. The van der Waals surface area contributed by atoms with Gasteiger partial charge in [0.1, 0.15) is 0 Å². The summed E-state index contributed by atoms with van der Waals surface area (Å²) in [5.41, 5.74) is 4.36. The van der Waals surface area contributed by atoms with Gasteiger partial charge < -0.3 is 10.2 Å². The minimum atomic E-state index is -0.470. The lowest BCUT2D eigenvalue weighted by atomic mass is 9.72. The van der Waals surface area contributed by atoms with E-state index >= 15 is 0 Å². The molecule has 1 fully saturated rings. The van der Waals surface area contributed by atoms with Gasteiger partial charge in [-0.2, -0.15) is 0 Å². The number of nitrogens with zero attached hydrogens (tertiary/aromatic N) is 1. The zero-order valence-electron chi connectivity index (χ0n) is 19.3. The van der Waals surface area contributed by atoms with Crippen LogP contribution in [0.4, 0.5) is 0 Å². The molecule has 1 saturated heterocycles. The Hall–Kier alpha value is -2.88. The van der Waals surface area contributed by atoms with Crippen molar-refractivity contribution >= 4 is 11.8 Å². The van der Waals surface area contributed by atoms with E-state index < -0.39 is 5.41 Å². The van der Waals surface area contributed by atoms with Crippen LogP contribution in [0.2, 0.25) is 0 Å². The summed E-state index contributed by atoms with van der Waals surface area (Å²) in [5, 5.41) is 2.91. The molecule has 32 heavy (non-hydrogen) atoms. The van der Waals surface area contributed by atoms with Crippen LogP contribution in [0.25, 0.3) is 11.1 Å². The molecule has 1 aliphatic carbocycles. The number of rotatable bonds is 5. The first-order valence-corrected chi connectivity index (χ1v) is 11.8. The second-order valence-electron chi connectivity index (χ2n) is 9.36. The Kier molecular flexibility index (Phi) is 6.78. The molecule has 0 aromatic heterocycles. The van der Waals surface area contributed by atoms with Crippen molar-refractivity contribution < 1.29 is 9.59 Å². The third kappa shape index (κ3) is 4.64. The fourth-order valence-electron chi connectivity index (χ4n) is 5.32. The maximum atomic E-state index is 13.1. The molecule has 1 heterocycles. The molecule has 4 heteroatoms. The van der Waals surface area contributed by atoms with Crippen LogP contribution in [0.15, 0.2) is 60.7 Å². The highest BCUT2D eigenvalue weighted by Crippen LogP contribution is 2.37. The van der Waals surface area contributed by atoms with Crippen LogP contribution in [0.3, 0.4) is 0 Å². The molecule has 4 rings (SSSR count). The van der Waals surface area contributed by atoms with Crippen LogP contribution in [0.5, 0.6) is 0 Å². The van der Waals surface area contributed by atoms with Gasteiger partial charge in [-0.05, 0) is 67.7 Å². The molecule has 1 N–H and O–H groups in total. The minimum Gasteiger partial charge on any atom is -0.359 e. The number of likely N-dealkylation sites (tertiary alicyclic amines) is 1. The number of aryl methyl sites for hydroxylation is 1. The number of carbonyl (C=O) groups excluding carboxylic acids is 2. The van der Waals surface area contributed by atoms with E-state index in [2.05, 4.69) is 72.9 Å². The Balaban J connectivity index is 1.51. The number of piperidine rings is 1. The number of carbonyl (C=O) groups is 2. The van der Waals surface area contributed by atoms with Crippen molar-refractivity contribution in [1.82, 2.24) is 10.2 Å². The Labute approximate surface area is 191 Å². The average molecular weight is 431 g/mol. The summed E-state index contributed by atoms with van der Waals surface area (Å²) in [6, 6.07) is 17.0. The summed E-state index contributed by atoms with van der Waals surface area (Å²) < 4.78 is 0. The van der Waals surface area contributed by atoms with Gasteiger partial charge in [-0.15, -0.1) is 0 Å². The van der Waals surface area contributed by atoms with E-state index in [9.17, 15) is 9.59 Å². The zero-order valence-corrected chi connectivity index (χ0v) is 19.3. The minimum absolute atomic E-state index is 0.0893. The van der Waals surface area contributed by atoms with Gasteiger partial charge >= 0.3 is 0 Å². The van der Waals surface area contributed by atoms with Gasteiger partial charge in [-0.3, -0.25) is 9.59 Å². The van der Waals surface area contributed by atoms with Crippen molar-refractivity contribution in [2.75, 3.05) is 20.1 Å². The lowest BCUT2D eigenvalue weighted by Gasteiger charge is -2.41. The molecule has 4 nitrogen and oxygen atoms in total.